The normalized spacial score (nSPS) is 16.7. The maximum Gasteiger partial charge on any atom is 0.416 e. The summed E-state index contributed by atoms with van der Waals surface area (Å²) in [6, 6.07) is 7.58. The third kappa shape index (κ3) is 6.45. The Balaban J connectivity index is 2.00. The van der Waals surface area contributed by atoms with Crippen LogP contribution in [0.4, 0.5) is 37.7 Å². The molecule has 1 aliphatic heterocycles. The Morgan fingerprint density at radius 3 is 2.43 bits per heavy atom. The number of anilines is 1. The van der Waals surface area contributed by atoms with Gasteiger partial charge in [0.1, 0.15) is 0 Å². The first-order valence-corrected chi connectivity index (χ1v) is 10.8. The van der Waals surface area contributed by atoms with Crippen LogP contribution < -0.4 is 4.90 Å². The van der Waals surface area contributed by atoms with Crippen molar-refractivity contribution in [2.75, 3.05) is 31.1 Å². The minimum absolute atomic E-state index is 0.0260. The summed E-state index contributed by atoms with van der Waals surface area (Å²) in [4.78, 5) is 18.0. The van der Waals surface area contributed by atoms with Crippen LogP contribution in [0.3, 0.4) is 0 Å². The average molecular weight is 499 g/mol. The number of benzene rings is 2. The number of halogens is 6. The van der Waals surface area contributed by atoms with Crippen molar-refractivity contribution in [2.24, 2.45) is 0 Å². The average Bonchev–Trinajstić information content (AvgIpc) is 3.24. The van der Waals surface area contributed by atoms with Gasteiger partial charge in [-0.2, -0.15) is 26.3 Å². The molecule has 1 saturated heterocycles. The molecule has 1 aliphatic rings. The Morgan fingerprint density at radius 2 is 1.80 bits per heavy atom. The van der Waals surface area contributed by atoms with Crippen molar-refractivity contribution in [1.29, 1.82) is 0 Å². The molecule has 5 nitrogen and oxygen atoms in total. The molecular formula is C24H23F6N3O2. The van der Waals surface area contributed by atoms with Crippen molar-refractivity contribution in [3.05, 3.63) is 70.6 Å². The summed E-state index contributed by atoms with van der Waals surface area (Å²) >= 11 is 0. The van der Waals surface area contributed by atoms with E-state index < -0.39 is 41.2 Å². The van der Waals surface area contributed by atoms with Crippen LogP contribution in [-0.2, 0) is 28.4 Å². The molecule has 2 aromatic carbocycles. The van der Waals surface area contributed by atoms with Gasteiger partial charge in [0.15, 0.2) is 5.69 Å². The topological polar surface area (TPSA) is 37.1 Å². The van der Waals surface area contributed by atoms with Crippen LogP contribution in [0.15, 0.2) is 42.5 Å². The maximum absolute atomic E-state index is 13.6. The largest absolute Gasteiger partial charge is 0.465 e. The molecule has 1 fully saturated rings. The van der Waals surface area contributed by atoms with Crippen molar-refractivity contribution in [3.8, 4) is 0 Å². The molecule has 0 amide bonds. The maximum atomic E-state index is 13.6. The highest BCUT2D eigenvalue weighted by Gasteiger charge is 2.37. The van der Waals surface area contributed by atoms with E-state index in [4.69, 9.17) is 11.3 Å². The second-order valence-corrected chi connectivity index (χ2v) is 8.08. The fourth-order valence-electron chi connectivity index (χ4n) is 4.18. The fourth-order valence-corrected chi connectivity index (χ4v) is 4.18. The second-order valence-electron chi connectivity index (χ2n) is 8.08. The molecule has 2 aromatic rings. The van der Waals surface area contributed by atoms with Crippen molar-refractivity contribution in [3.63, 3.8) is 0 Å². The molecule has 35 heavy (non-hydrogen) atoms. The molecule has 3 rings (SSSR count). The molecule has 0 unspecified atom stereocenters. The number of alkyl halides is 6. The first-order valence-electron chi connectivity index (χ1n) is 10.8. The van der Waals surface area contributed by atoms with Crippen molar-refractivity contribution in [1.82, 2.24) is 4.90 Å². The van der Waals surface area contributed by atoms with Gasteiger partial charge in [0.05, 0.1) is 30.9 Å². The molecule has 1 atom stereocenters. The summed E-state index contributed by atoms with van der Waals surface area (Å²) in [5.41, 5.74) is -2.66. The van der Waals surface area contributed by atoms with Gasteiger partial charge < -0.3 is 9.64 Å². The Morgan fingerprint density at radius 1 is 1.11 bits per heavy atom. The number of carbonyl (C=O) groups is 1. The van der Waals surface area contributed by atoms with Gasteiger partial charge in [-0.3, -0.25) is 9.69 Å². The summed E-state index contributed by atoms with van der Waals surface area (Å²) in [5, 5.41) is 0. The molecule has 1 heterocycles. The smallest absolute Gasteiger partial charge is 0.416 e. The Hall–Kier alpha value is -3.26. The second kappa shape index (κ2) is 10.6. The van der Waals surface area contributed by atoms with Gasteiger partial charge in [0.25, 0.3) is 0 Å². The molecule has 0 aliphatic carbocycles. The molecular weight excluding hydrogens is 476 g/mol. The quantitative estimate of drug-likeness (QED) is 0.269. The van der Waals surface area contributed by atoms with Crippen LogP contribution in [0, 0.1) is 6.57 Å². The number of ether oxygens (including phenoxy) is 1. The molecule has 0 radical (unpaired) electrons. The van der Waals surface area contributed by atoms with E-state index in [1.54, 1.807) is 11.8 Å². The van der Waals surface area contributed by atoms with Crippen molar-refractivity contribution < 1.29 is 35.9 Å². The van der Waals surface area contributed by atoms with Crippen LogP contribution >= 0.6 is 0 Å². The Kier molecular flexibility index (Phi) is 7.95. The van der Waals surface area contributed by atoms with Gasteiger partial charge in [0, 0.05) is 31.4 Å². The molecule has 11 heteroatoms. The summed E-state index contributed by atoms with van der Waals surface area (Å²) in [6.07, 6.45) is -9.03. The van der Waals surface area contributed by atoms with E-state index in [0.29, 0.717) is 13.0 Å². The van der Waals surface area contributed by atoms with Crippen LogP contribution in [0.25, 0.3) is 4.85 Å². The van der Waals surface area contributed by atoms with Crippen molar-refractivity contribution in [2.45, 2.75) is 38.3 Å². The molecule has 188 valence electrons. The van der Waals surface area contributed by atoms with Crippen LogP contribution in [-0.4, -0.2) is 43.2 Å². The summed E-state index contributed by atoms with van der Waals surface area (Å²) in [7, 11) is 0. The summed E-state index contributed by atoms with van der Waals surface area (Å²) in [6.45, 7) is 9.25. The van der Waals surface area contributed by atoms with Gasteiger partial charge in [-0.1, -0.05) is 24.3 Å². The lowest BCUT2D eigenvalue weighted by atomic mass is 10.0. The predicted octanol–water partition coefficient (Wildman–Crippen LogP) is 5.92. The zero-order chi connectivity index (χ0) is 25.8. The molecule has 0 spiro atoms. The summed E-state index contributed by atoms with van der Waals surface area (Å²) in [5.74, 6) is -0.456. The van der Waals surface area contributed by atoms with E-state index in [2.05, 4.69) is 4.85 Å². The molecule has 0 bridgehead atoms. The first-order chi connectivity index (χ1) is 16.4. The lowest BCUT2D eigenvalue weighted by Gasteiger charge is -2.33. The Bertz CT molecular complexity index is 1090. The monoisotopic (exact) mass is 499 g/mol. The Labute approximate surface area is 198 Å². The molecule has 0 aromatic heterocycles. The highest BCUT2D eigenvalue weighted by Crippen LogP contribution is 2.40. The number of hydrogen-bond acceptors (Lipinski definition) is 4. The lowest BCUT2D eigenvalue weighted by molar-refractivity contribution is -0.144. The first kappa shape index (κ1) is 26.3. The van der Waals surface area contributed by atoms with Gasteiger partial charge in [-0.15, -0.1) is 0 Å². The third-order valence-corrected chi connectivity index (χ3v) is 5.75. The molecule has 0 N–H and O–H groups in total. The van der Waals surface area contributed by atoms with Crippen LogP contribution in [0.5, 0.6) is 0 Å². The highest BCUT2D eigenvalue weighted by atomic mass is 19.4. The minimum Gasteiger partial charge on any atom is -0.465 e. The van der Waals surface area contributed by atoms with Gasteiger partial charge in [-0.05, 0) is 37.1 Å². The minimum atomic E-state index is -4.81. The number of hydrogen-bond donors (Lipinski definition) is 0. The van der Waals surface area contributed by atoms with E-state index in [-0.39, 0.29) is 37.5 Å². The zero-order valence-electron chi connectivity index (χ0n) is 18.8. The molecule has 0 saturated carbocycles. The summed E-state index contributed by atoms with van der Waals surface area (Å²) < 4.78 is 86.6. The van der Waals surface area contributed by atoms with Gasteiger partial charge >= 0.3 is 18.3 Å². The standard InChI is InChI=1S/C24H23F6N3O2/c1-3-35-22(34)15-32-11-10-18(14-32)33(13-16-6-4-5-7-19(16)23(25,26)27)17-8-9-21(31-2)20(12-17)24(28,29)30/h4-9,12,18H,3,10-11,13-15H2,1H3/t18-/m0/s1. The van der Waals surface area contributed by atoms with E-state index in [1.165, 1.54) is 29.2 Å². The van der Waals surface area contributed by atoms with Crippen molar-refractivity contribution >= 4 is 17.3 Å². The number of likely N-dealkylation sites (tertiary alicyclic amines) is 1. The third-order valence-electron chi connectivity index (χ3n) is 5.75. The number of rotatable bonds is 7. The van der Waals surface area contributed by atoms with Crippen LogP contribution in [0.1, 0.15) is 30.0 Å². The number of carbonyl (C=O) groups excluding carboxylic acids is 1. The predicted molar refractivity (Wildman–Crippen MR) is 117 cm³/mol. The van der Waals surface area contributed by atoms with E-state index in [9.17, 15) is 31.1 Å². The number of esters is 1. The number of nitrogens with zero attached hydrogens (tertiary/aromatic N) is 3. The zero-order valence-corrected chi connectivity index (χ0v) is 18.8. The highest BCUT2D eigenvalue weighted by molar-refractivity contribution is 5.71. The van der Waals surface area contributed by atoms with Crippen LogP contribution in [0.2, 0.25) is 0 Å². The lowest BCUT2D eigenvalue weighted by Crippen LogP contribution is -2.39. The van der Waals surface area contributed by atoms with E-state index in [0.717, 1.165) is 18.2 Å². The van der Waals surface area contributed by atoms with E-state index >= 15 is 0 Å². The van der Waals surface area contributed by atoms with Gasteiger partial charge in [-0.25, -0.2) is 4.85 Å². The fraction of sp³-hybridized carbons (Fsp3) is 0.417. The van der Waals surface area contributed by atoms with Gasteiger partial charge in [0.2, 0.25) is 0 Å². The van der Waals surface area contributed by atoms with E-state index in [1.807, 2.05) is 0 Å². The SMILES string of the molecule is [C-]#[N+]c1ccc(N(Cc2ccccc2C(F)(F)F)[C@H]2CCN(CC(=O)OCC)C2)cc1C(F)(F)F.